The Morgan fingerprint density at radius 3 is 2.71 bits per heavy atom. The smallest absolute Gasteiger partial charge is 0.0766 e. The molecule has 2 aromatic carbocycles. The second-order valence-corrected chi connectivity index (χ2v) is 6.17. The first-order chi connectivity index (χ1) is 10.2. The fraction of sp³-hybridized carbons (Fsp3) is 0.0625. The molecule has 0 bridgehead atoms. The number of nitrogens with one attached hydrogen (secondary N) is 1. The van der Waals surface area contributed by atoms with Crippen molar-refractivity contribution in [1.82, 2.24) is 4.98 Å². The van der Waals surface area contributed by atoms with Crippen molar-refractivity contribution in [3.05, 3.63) is 68.7 Å². The molecule has 1 N–H and O–H groups in total. The fourth-order valence-electron chi connectivity index (χ4n) is 2.17. The molecule has 1 aromatic heterocycles. The van der Waals surface area contributed by atoms with Crippen LogP contribution in [0.5, 0.6) is 0 Å². The Kier molecular flexibility index (Phi) is 4.34. The summed E-state index contributed by atoms with van der Waals surface area (Å²) in [5.41, 5.74) is 2.94. The van der Waals surface area contributed by atoms with E-state index in [2.05, 4.69) is 26.2 Å². The first-order valence-corrected chi connectivity index (χ1v) is 7.91. The van der Waals surface area contributed by atoms with Crippen molar-refractivity contribution < 1.29 is 0 Å². The van der Waals surface area contributed by atoms with Crippen LogP contribution >= 0.6 is 39.1 Å². The number of anilines is 1. The van der Waals surface area contributed by atoms with Crippen molar-refractivity contribution in [3.8, 4) is 0 Å². The molecular formula is C16H11BrCl2N2. The normalized spacial score (nSPS) is 10.8. The lowest BCUT2D eigenvalue weighted by Gasteiger charge is -2.11. The van der Waals surface area contributed by atoms with Gasteiger partial charge in [0.15, 0.2) is 0 Å². The third-order valence-electron chi connectivity index (χ3n) is 3.22. The number of nitrogens with zero attached hydrogens (tertiary/aromatic N) is 1. The van der Waals surface area contributed by atoms with Crippen LogP contribution < -0.4 is 5.32 Å². The molecule has 0 aliphatic rings. The lowest BCUT2D eigenvalue weighted by molar-refractivity contribution is 1.15. The summed E-state index contributed by atoms with van der Waals surface area (Å²) in [4.78, 5) is 4.43. The molecule has 3 rings (SSSR count). The minimum atomic E-state index is 0.642. The SMILES string of the molecule is Clc1cccc(NCc2ccc(Cl)c3cccnc23)c1Br. The number of rotatable bonds is 3. The molecule has 1 heterocycles. The Morgan fingerprint density at radius 2 is 1.86 bits per heavy atom. The molecule has 5 heteroatoms. The van der Waals surface area contributed by atoms with E-state index in [-0.39, 0.29) is 0 Å². The topological polar surface area (TPSA) is 24.9 Å². The highest BCUT2D eigenvalue weighted by molar-refractivity contribution is 9.10. The molecule has 0 fully saturated rings. The molecule has 0 amide bonds. The molecule has 2 nitrogen and oxygen atoms in total. The standard InChI is InChI=1S/C16H11BrCl2N2/c17-15-13(19)4-1-5-14(15)21-9-10-6-7-12(18)11-3-2-8-20-16(10)11/h1-8,21H,9H2. The number of fused-ring (bicyclic) bond motifs is 1. The summed E-state index contributed by atoms with van der Waals surface area (Å²) in [6.07, 6.45) is 1.78. The predicted molar refractivity (Wildman–Crippen MR) is 93.2 cm³/mol. The maximum atomic E-state index is 6.21. The Labute approximate surface area is 141 Å². The number of benzene rings is 2. The molecule has 3 aromatic rings. The Bertz CT molecular complexity index is 805. The van der Waals surface area contributed by atoms with Gasteiger partial charge in [-0.1, -0.05) is 35.3 Å². The van der Waals surface area contributed by atoms with Gasteiger partial charge in [0.05, 0.1) is 20.7 Å². The average molecular weight is 382 g/mol. The molecule has 0 aliphatic carbocycles. The molecule has 0 aliphatic heterocycles. The maximum Gasteiger partial charge on any atom is 0.0766 e. The number of hydrogen-bond acceptors (Lipinski definition) is 2. The van der Waals surface area contributed by atoms with E-state index in [1.54, 1.807) is 6.20 Å². The van der Waals surface area contributed by atoms with Crippen LogP contribution in [0.25, 0.3) is 10.9 Å². The van der Waals surface area contributed by atoms with E-state index >= 15 is 0 Å². The number of halogens is 3. The predicted octanol–water partition coefficient (Wildman–Crippen LogP) is 5.92. The summed E-state index contributed by atoms with van der Waals surface area (Å²) < 4.78 is 0.859. The zero-order valence-corrected chi connectivity index (χ0v) is 14.0. The molecule has 0 spiro atoms. The third kappa shape index (κ3) is 3.00. The minimum absolute atomic E-state index is 0.642. The molecule has 0 atom stereocenters. The van der Waals surface area contributed by atoms with Gasteiger partial charge in [-0.2, -0.15) is 0 Å². The molecule has 0 saturated carbocycles. The second-order valence-electron chi connectivity index (χ2n) is 4.56. The fourth-order valence-corrected chi connectivity index (χ4v) is 2.96. The maximum absolute atomic E-state index is 6.21. The van der Waals surface area contributed by atoms with Gasteiger partial charge in [0.25, 0.3) is 0 Å². The van der Waals surface area contributed by atoms with E-state index in [1.165, 1.54) is 0 Å². The van der Waals surface area contributed by atoms with Gasteiger partial charge in [-0.25, -0.2) is 0 Å². The van der Waals surface area contributed by atoms with Crippen molar-refractivity contribution in [3.63, 3.8) is 0 Å². The van der Waals surface area contributed by atoms with Gasteiger partial charge in [0.2, 0.25) is 0 Å². The summed E-state index contributed by atoms with van der Waals surface area (Å²) >= 11 is 15.8. The Hall–Kier alpha value is -1.29. The number of aromatic nitrogens is 1. The van der Waals surface area contributed by atoms with Crippen LogP contribution in [-0.4, -0.2) is 4.98 Å². The van der Waals surface area contributed by atoms with Gasteiger partial charge in [-0.05, 0) is 51.8 Å². The van der Waals surface area contributed by atoms with Crippen molar-refractivity contribution >= 4 is 55.7 Å². The van der Waals surface area contributed by atoms with E-state index in [0.717, 1.165) is 26.6 Å². The van der Waals surface area contributed by atoms with E-state index in [1.807, 2.05) is 42.5 Å². The van der Waals surface area contributed by atoms with Gasteiger partial charge in [0, 0.05) is 23.2 Å². The molecule has 0 radical (unpaired) electrons. The average Bonchev–Trinajstić information content (AvgIpc) is 2.51. The highest BCUT2D eigenvalue weighted by Gasteiger charge is 2.07. The van der Waals surface area contributed by atoms with Crippen LogP contribution in [0.4, 0.5) is 5.69 Å². The summed E-state index contributed by atoms with van der Waals surface area (Å²) in [6.45, 7) is 0.642. The first-order valence-electron chi connectivity index (χ1n) is 6.37. The van der Waals surface area contributed by atoms with Gasteiger partial charge in [-0.15, -0.1) is 0 Å². The van der Waals surface area contributed by atoms with Gasteiger partial charge >= 0.3 is 0 Å². The Morgan fingerprint density at radius 1 is 1.00 bits per heavy atom. The number of pyridine rings is 1. The quantitative estimate of drug-likeness (QED) is 0.609. The second kappa shape index (κ2) is 6.22. The van der Waals surface area contributed by atoms with Gasteiger partial charge < -0.3 is 5.32 Å². The highest BCUT2D eigenvalue weighted by Crippen LogP contribution is 2.31. The summed E-state index contributed by atoms with van der Waals surface area (Å²) in [7, 11) is 0. The van der Waals surface area contributed by atoms with Crippen LogP contribution in [0.15, 0.2) is 53.1 Å². The highest BCUT2D eigenvalue weighted by atomic mass is 79.9. The van der Waals surface area contributed by atoms with Crippen molar-refractivity contribution in [1.29, 1.82) is 0 Å². The summed E-state index contributed by atoms with van der Waals surface area (Å²) in [5, 5.41) is 5.72. The van der Waals surface area contributed by atoms with Crippen molar-refractivity contribution in [2.75, 3.05) is 5.32 Å². The third-order valence-corrected chi connectivity index (χ3v) is 4.95. The van der Waals surface area contributed by atoms with Crippen molar-refractivity contribution in [2.24, 2.45) is 0 Å². The van der Waals surface area contributed by atoms with Crippen molar-refractivity contribution in [2.45, 2.75) is 6.54 Å². The van der Waals surface area contributed by atoms with Crippen LogP contribution in [0.1, 0.15) is 5.56 Å². The largest absolute Gasteiger partial charge is 0.380 e. The van der Waals surface area contributed by atoms with Crippen LogP contribution in [-0.2, 0) is 6.54 Å². The number of hydrogen-bond donors (Lipinski definition) is 1. The zero-order valence-electron chi connectivity index (χ0n) is 10.9. The minimum Gasteiger partial charge on any atom is -0.380 e. The molecule has 0 saturated heterocycles. The summed E-state index contributed by atoms with van der Waals surface area (Å²) in [6, 6.07) is 13.5. The van der Waals surface area contributed by atoms with Gasteiger partial charge in [0.1, 0.15) is 0 Å². The Balaban J connectivity index is 1.92. The van der Waals surface area contributed by atoms with E-state index in [4.69, 9.17) is 23.2 Å². The van der Waals surface area contributed by atoms with Gasteiger partial charge in [-0.3, -0.25) is 4.98 Å². The lowest BCUT2D eigenvalue weighted by atomic mass is 10.1. The first kappa shape index (κ1) is 14.6. The van der Waals surface area contributed by atoms with E-state index in [0.29, 0.717) is 16.6 Å². The van der Waals surface area contributed by atoms with Crippen LogP contribution in [0, 0.1) is 0 Å². The van der Waals surface area contributed by atoms with E-state index < -0.39 is 0 Å². The zero-order chi connectivity index (χ0) is 14.8. The van der Waals surface area contributed by atoms with Crippen LogP contribution in [0.3, 0.4) is 0 Å². The van der Waals surface area contributed by atoms with Crippen LogP contribution in [0.2, 0.25) is 10.0 Å². The molecule has 21 heavy (non-hydrogen) atoms. The molecular weight excluding hydrogens is 371 g/mol. The molecule has 106 valence electrons. The molecule has 0 unspecified atom stereocenters. The monoisotopic (exact) mass is 380 g/mol. The van der Waals surface area contributed by atoms with E-state index in [9.17, 15) is 0 Å². The lowest BCUT2D eigenvalue weighted by Crippen LogP contribution is -2.01. The summed E-state index contributed by atoms with van der Waals surface area (Å²) in [5.74, 6) is 0.